The van der Waals surface area contributed by atoms with Gasteiger partial charge in [-0.3, -0.25) is 4.98 Å². The molecule has 10 rings (SSSR count). The van der Waals surface area contributed by atoms with Crippen LogP contribution < -0.4 is 0 Å². The van der Waals surface area contributed by atoms with E-state index in [2.05, 4.69) is 59.6 Å². The van der Waals surface area contributed by atoms with Gasteiger partial charge in [0.05, 0.1) is 11.7 Å². The average molecular weight is 617 g/mol. The molecule has 0 bridgehead atoms. The molecular weight excluding hydrogens is 592 g/mol. The number of hydrogen-bond donors (Lipinski definition) is 0. The molecule has 0 aliphatic carbocycles. The van der Waals surface area contributed by atoms with E-state index in [1.807, 2.05) is 91.1 Å². The van der Waals surface area contributed by atoms with E-state index in [9.17, 15) is 0 Å². The van der Waals surface area contributed by atoms with Crippen molar-refractivity contribution in [3.05, 3.63) is 146 Å². The Kier molecular flexibility index (Phi) is 5.77. The van der Waals surface area contributed by atoms with Crippen LogP contribution in [-0.4, -0.2) is 19.9 Å². The normalized spacial score (nSPS) is 11.8. The van der Waals surface area contributed by atoms with Gasteiger partial charge in [0.25, 0.3) is 0 Å². The SMILES string of the molecule is c1ccc(-c2nc(-c3ccc(-c4cccc5c4oc4cnc6ccccc6c45)cc3)nc(-c3cccc4oc5ccccc5c34)n2)cc1. The van der Waals surface area contributed by atoms with Gasteiger partial charge < -0.3 is 8.83 Å². The molecule has 6 heteroatoms. The summed E-state index contributed by atoms with van der Waals surface area (Å²) in [6.07, 6.45) is 1.82. The van der Waals surface area contributed by atoms with Gasteiger partial charge in [-0.05, 0) is 23.8 Å². The second-order valence-corrected chi connectivity index (χ2v) is 11.8. The third kappa shape index (κ3) is 4.13. The molecule has 0 amide bonds. The Labute approximate surface area is 274 Å². The van der Waals surface area contributed by atoms with Crippen molar-refractivity contribution in [1.29, 1.82) is 0 Å². The number of hydrogen-bond acceptors (Lipinski definition) is 6. The third-order valence-corrected chi connectivity index (χ3v) is 9.00. The molecule has 6 aromatic carbocycles. The molecule has 0 atom stereocenters. The highest BCUT2D eigenvalue weighted by Crippen LogP contribution is 2.40. The van der Waals surface area contributed by atoms with Crippen LogP contribution in [-0.2, 0) is 0 Å². The van der Waals surface area contributed by atoms with Gasteiger partial charge in [-0.1, -0.05) is 121 Å². The summed E-state index contributed by atoms with van der Waals surface area (Å²) in [7, 11) is 0. The molecular formula is C42H24N4O2. The smallest absolute Gasteiger partial charge is 0.164 e. The van der Waals surface area contributed by atoms with Gasteiger partial charge in [0.15, 0.2) is 23.1 Å². The van der Waals surface area contributed by atoms with E-state index in [1.54, 1.807) is 0 Å². The fourth-order valence-corrected chi connectivity index (χ4v) is 6.76. The van der Waals surface area contributed by atoms with Crippen LogP contribution in [0.25, 0.3) is 100 Å². The standard InChI is InChI=1S/C42H24N4O2/c1-2-10-26(11-3-1)40-44-41(46-42(45-40)32-16-9-19-35-38(32)30-13-5-7-18-34(30)47-35)27-22-20-25(21-23-27)28-14-8-15-31-37-29-12-4-6-17-33(29)43-24-36(37)48-39(28)31/h1-24H. The highest BCUT2D eigenvalue weighted by molar-refractivity contribution is 6.19. The monoisotopic (exact) mass is 616 g/mol. The van der Waals surface area contributed by atoms with E-state index in [0.29, 0.717) is 17.5 Å². The second-order valence-electron chi connectivity index (χ2n) is 11.8. The Morgan fingerprint density at radius 1 is 0.375 bits per heavy atom. The zero-order valence-corrected chi connectivity index (χ0v) is 25.5. The van der Waals surface area contributed by atoms with Gasteiger partial charge >= 0.3 is 0 Å². The number of furan rings is 2. The van der Waals surface area contributed by atoms with E-state index < -0.39 is 0 Å². The Morgan fingerprint density at radius 2 is 1.00 bits per heavy atom. The minimum Gasteiger partial charge on any atom is -0.456 e. The summed E-state index contributed by atoms with van der Waals surface area (Å²) < 4.78 is 12.6. The van der Waals surface area contributed by atoms with Crippen molar-refractivity contribution in [1.82, 2.24) is 19.9 Å². The fraction of sp³-hybridized carbons (Fsp3) is 0. The van der Waals surface area contributed by atoms with Crippen LogP contribution in [0.15, 0.2) is 155 Å². The van der Waals surface area contributed by atoms with Crippen LogP contribution >= 0.6 is 0 Å². The van der Waals surface area contributed by atoms with Gasteiger partial charge in [0, 0.05) is 49.2 Å². The molecule has 0 aliphatic heterocycles. The minimum absolute atomic E-state index is 0.591. The topological polar surface area (TPSA) is 77.8 Å². The molecule has 0 saturated heterocycles. The first-order valence-corrected chi connectivity index (χ1v) is 15.8. The van der Waals surface area contributed by atoms with E-state index >= 15 is 0 Å². The predicted octanol–water partition coefficient (Wildman–Crippen LogP) is 10.9. The van der Waals surface area contributed by atoms with Crippen molar-refractivity contribution in [3.63, 3.8) is 0 Å². The molecule has 10 aromatic rings. The summed E-state index contributed by atoms with van der Waals surface area (Å²) in [6.45, 7) is 0. The molecule has 0 radical (unpaired) electrons. The molecule has 48 heavy (non-hydrogen) atoms. The zero-order chi connectivity index (χ0) is 31.6. The van der Waals surface area contributed by atoms with Crippen molar-refractivity contribution in [2.45, 2.75) is 0 Å². The van der Waals surface area contributed by atoms with Gasteiger partial charge in [-0.15, -0.1) is 0 Å². The van der Waals surface area contributed by atoms with Crippen LogP contribution in [0.1, 0.15) is 0 Å². The summed E-state index contributed by atoms with van der Waals surface area (Å²) in [6, 6.07) is 46.9. The summed E-state index contributed by atoms with van der Waals surface area (Å²) in [4.78, 5) is 19.6. The zero-order valence-electron chi connectivity index (χ0n) is 25.5. The van der Waals surface area contributed by atoms with E-state index in [0.717, 1.165) is 82.6 Å². The van der Waals surface area contributed by atoms with Gasteiger partial charge in [0.1, 0.15) is 16.7 Å². The first-order valence-electron chi connectivity index (χ1n) is 15.8. The first-order chi connectivity index (χ1) is 23.8. The number of nitrogens with zero attached hydrogens (tertiary/aromatic N) is 4. The van der Waals surface area contributed by atoms with Crippen LogP contribution in [0, 0.1) is 0 Å². The van der Waals surface area contributed by atoms with Crippen molar-refractivity contribution in [2.24, 2.45) is 0 Å². The lowest BCUT2D eigenvalue weighted by Gasteiger charge is -2.10. The number of fused-ring (bicyclic) bond motifs is 8. The largest absolute Gasteiger partial charge is 0.456 e. The maximum atomic E-state index is 6.45. The van der Waals surface area contributed by atoms with Crippen molar-refractivity contribution in [3.8, 4) is 45.3 Å². The molecule has 0 spiro atoms. The van der Waals surface area contributed by atoms with Gasteiger partial charge in [0.2, 0.25) is 0 Å². The molecule has 4 heterocycles. The minimum atomic E-state index is 0.591. The quantitative estimate of drug-likeness (QED) is 0.196. The Bertz CT molecular complexity index is 2840. The molecule has 6 nitrogen and oxygen atoms in total. The first kappa shape index (κ1) is 26.5. The molecule has 0 saturated carbocycles. The number of benzene rings is 6. The second kappa shape index (κ2) is 10.4. The highest BCUT2D eigenvalue weighted by atomic mass is 16.3. The molecule has 0 unspecified atom stereocenters. The lowest BCUT2D eigenvalue weighted by Crippen LogP contribution is -2.00. The van der Waals surface area contributed by atoms with E-state index in [4.69, 9.17) is 23.8 Å². The fourth-order valence-electron chi connectivity index (χ4n) is 6.76. The van der Waals surface area contributed by atoms with Gasteiger partial charge in [-0.2, -0.15) is 0 Å². The number of rotatable bonds is 4. The van der Waals surface area contributed by atoms with Crippen LogP contribution in [0.4, 0.5) is 0 Å². The predicted molar refractivity (Wildman–Crippen MR) is 191 cm³/mol. The average Bonchev–Trinajstić information content (AvgIpc) is 3.74. The Hall–Kier alpha value is -6.66. The highest BCUT2D eigenvalue weighted by Gasteiger charge is 2.19. The summed E-state index contributed by atoms with van der Waals surface area (Å²) in [5, 5.41) is 5.25. The lowest BCUT2D eigenvalue weighted by atomic mass is 10.00. The summed E-state index contributed by atoms with van der Waals surface area (Å²) in [5.74, 6) is 1.79. The van der Waals surface area contributed by atoms with Gasteiger partial charge in [-0.25, -0.2) is 15.0 Å². The summed E-state index contributed by atoms with van der Waals surface area (Å²) >= 11 is 0. The molecule has 0 aliphatic rings. The molecule has 4 aromatic heterocycles. The van der Waals surface area contributed by atoms with Crippen molar-refractivity contribution in [2.75, 3.05) is 0 Å². The van der Waals surface area contributed by atoms with E-state index in [-0.39, 0.29) is 0 Å². The maximum Gasteiger partial charge on any atom is 0.164 e. The lowest BCUT2D eigenvalue weighted by molar-refractivity contribution is 0.668. The molecule has 224 valence electrons. The van der Waals surface area contributed by atoms with Crippen molar-refractivity contribution >= 4 is 54.8 Å². The Morgan fingerprint density at radius 3 is 1.85 bits per heavy atom. The third-order valence-electron chi connectivity index (χ3n) is 9.00. The maximum absolute atomic E-state index is 6.45. The molecule has 0 fully saturated rings. The molecule has 0 N–H and O–H groups in total. The number of aromatic nitrogens is 4. The number of pyridine rings is 1. The van der Waals surface area contributed by atoms with Crippen LogP contribution in [0.5, 0.6) is 0 Å². The Balaban J connectivity index is 1.12. The summed E-state index contributed by atoms with van der Waals surface area (Å²) in [5.41, 5.74) is 8.94. The van der Waals surface area contributed by atoms with E-state index in [1.165, 1.54) is 0 Å². The number of para-hydroxylation sites is 3. The van der Waals surface area contributed by atoms with Crippen molar-refractivity contribution < 1.29 is 8.83 Å². The van der Waals surface area contributed by atoms with Crippen LogP contribution in [0.2, 0.25) is 0 Å². The van der Waals surface area contributed by atoms with Crippen LogP contribution in [0.3, 0.4) is 0 Å².